The zero-order valence-corrected chi connectivity index (χ0v) is 18.0. The molecule has 2 N–H and O–H groups in total. The molecule has 160 valence electrons. The molecule has 1 aliphatic rings. The number of carbonyl (C=O) groups excluding carboxylic acids is 2. The molecule has 0 bridgehead atoms. The molecule has 0 aromatic heterocycles. The molecular formula is C24H32N4O2. The second kappa shape index (κ2) is 10.9. The van der Waals surface area contributed by atoms with E-state index in [1.807, 2.05) is 38.1 Å². The summed E-state index contributed by atoms with van der Waals surface area (Å²) < 4.78 is 0. The molecule has 2 aromatic carbocycles. The fraction of sp³-hybridized carbons (Fsp3) is 0.417. The van der Waals surface area contributed by atoms with E-state index in [-0.39, 0.29) is 18.4 Å². The first-order valence-electron chi connectivity index (χ1n) is 10.6. The van der Waals surface area contributed by atoms with Crippen LogP contribution in [0.1, 0.15) is 23.1 Å². The van der Waals surface area contributed by atoms with Gasteiger partial charge in [-0.05, 0) is 56.1 Å². The molecule has 0 radical (unpaired) electrons. The van der Waals surface area contributed by atoms with Crippen molar-refractivity contribution in [2.24, 2.45) is 0 Å². The zero-order valence-electron chi connectivity index (χ0n) is 18.0. The van der Waals surface area contributed by atoms with E-state index in [2.05, 4.69) is 44.7 Å². The second-order valence-electron chi connectivity index (χ2n) is 7.96. The number of hydrogen-bond donors (Lipinski definition) is 2. The van der Waals surface area contributed by atoms with Gasteiger partial charge in [-0.3, -0.25) is 19.4 Å². The zero-order chi connectivity index (χ0) is 21.3. The Balaban J connectivity index is 1.39. The number of nitrogens with zero attached hydrogens (tertiary/aromatic N) is 2. The Bertz CT molecular complexity index is 854. The average Bonchev–Trinajstić information content (AvgIpc) is 2.96. The minimum Gasteiger partial charge on any atom is -0.346 e. The topological polar surface area (TPSA) is 64.7 Å². The minimum absolute atomic E-state index is 0.0137. The first-order valence-corrected chi connectivity index (χ1v) is 10.6. The van der Waals surface area contributed by atoms with E-state index in [4.69, 9.17) is 0 Å². The summed E-state index contributed by atoms with van der Waals surface area (Å²) in [5, 5.41) is 5.62. The van der Waals surface area contributed by atoms with Crippen LogP contribution in [0.2, 0.25) is 0 Å². The Labute approximate surface area is 179 Å². The largest absolute Gasteiger partial charge is 0.346 e. The van der Waals surface area contributed by atoms with Crippen molar-refractivity contribution in [2.75, 3.05) is 44.6 Å². The average molecular weight is 409 g/mol. The molecule has 6 heteroatoms. The molecule has 30 heavy (non-hydrogen) atoms. The van der Waals surface area contributed by atoms with Gasteiger partial charge in [-0.25, -0.2) is 0 Å². The lowest BCUT2D eigenvalue weighted by Crippen LogP contribution is -2.41. The smallest absolute Gasteiger partial charge is 0.243 e. The fourth-order valence-electron chi connectivity index (χ4n) is 3.70. The van der Waals surface area contributed by atoms with Crippen molar-refractivity contribution in [3.05, 3.63) is 65.2 Å². The molecule has 0 saturated carbocycles. The summed E-state index contributed by atoms with van der Waals surface area (Å²) in [6.07, 6.45) is 1.03. The van der Waals surface area contributed by atoms with E-state index in [1.54, 1.807) is 0 Å². The van der Waals surface area contributed by atoms with E-state index in [1.165, 1.54) is 5.56 Å². The van der Waals surface area contributed by atoms with Crippen molar-refractivity contribution in [2.45, 2.75) is 26.8 Å². The van der Waals surface area contributed by atoms with Crippen LogP contribution >= 0.6 is 0 Å². The van der Waals surface area contributed by atoms with Crippen LogP contribution in [0.5, 0.6) is 0 Å². The number of aryl methyl sites for hydroxylation is 1. The number of rotatable bonds is 7. The van der Waals surface area contributed by atoms with Gasteiger partial charge in [0, 0.05) is 25.3 Å². The maximum absolute atomic E-state index is 12.3. The third-order valence-corrected chi connectivity index (χ3v) is 5.62. The van der Waals surface area contributed by atoms with Crippen LogP contribution in [0.25, 0.3) is 0 Å². The molecular weight excluding hydrogens is 376 g/mol. The molecule has 1 saturated heterocycles. The number of anilines is 1. The van der Waals surface area contributed by atoms with Gasteiger partial charge in [0.2, 0.25) is 11.8 Å². The monoisotopic (exact) mass is 408 g/mol. The van der Waals surface area contributed by atoms with Gasteiger partial charge < -0.3 is 10.6 Å². The normalized spacial score (nSPS) is 15.4. The lowest BCUT2D eigenvalue weighted by Gasteiger charge is -2.21. The lowest BCUT2D eigenvalue weighted by molar-refractivity contribution is -0.125. The number of amides is 2. The predicted molar refractivity (Wildman–Crippen MR) is 120 cm³/mol. The fourth-order valence-corrected chi connectivity index (χ4v) is 3.70. The van der Waals surface area contributed by atoms with E-state index < -0.39 is 0 Å². The summed E-state index contributed by atoms with van der Waals surface area (Å²) in [7, 11) is 0. The summed E-state index contributed by atoms with van der Waals surface area (Å²) >= 11 is 0. The first-order chi connectivity index (χ1) is 14.5. The second-order valence-corrected chi connectivity index (χ2v) is 7.96. The summed E-state index contributed by atoms with van der Waals surface area (Å²) in [5.74, 6) is -0.315. The van der Waals surface area contributed by atoms with Gasteiger partial charge in [-0.1, -0.05) is 42.5 Å². The van der Waals surface area contributed by atoms with Crippen molar-refractivity contribution in [1.82, 2.24) is 15.1 Å². The number of hydrogen-bond acceptors (Lipinski definition) is 4. The molecule has 1 heterocycles. The highest BCUT2D eigenvalue weighted by molar-refractivity contribution is 5.95. The van der Waals surface area contributed by atoms with Crippen molar-refractivity contribution >= 4 is 17.5 Å². The van der Waals surface area contributed by atoms with Gasteiger partial charge in [-0.15, -0.1) is 0 Å². The number of benzene rings is 2. The molecule has 0 spiro atoms. The summed E-state index contributed by atoms with van der Waals surface area (Å²) in [5.41, 5.74) is 4.28. The van der Waals surface area contributed by atoms with Gasteiger partial charge in [0.05, 0.1) is 13.1 Å². The predicted octanol–water partition coefficient (Wildman–Crippen LogP) is 2.57. The maximum Gasteiger partial charge on any atom is 0.243 e. The van der Waals surface area contributed by atoms with E-state index >= 15 is 0 Å². The molecule has 2 aromatic rings. The molecule has 6 nitrogen and oxygen atoms in total. The SMILES string of the molecule is Cc1cccc(NC(=O)CNC(=O)CN2CCCN(Cc3ccccc3)CC2)c1C. The van der Waals surface area contributed by atoms with Gasteiger partial charge in [0.15, 0.2) is 0 Å². The molecule has 1 aliphatic heterocycles. The van der Waals surface area contributed by atoms with Crippen LogP contribution in [-0.2, 0) is 16.1 Å². The van der Waals surface area contributed by atoms with Gasteiger partial charge >= 0.3 is 0 Å². The highest BCUT2D eigenvalue weighted by atomic mass is 16.2. The number of nitrogens with one attached hydrogen (secondary N) is 2. The van der Waals surface area contributed by atoms with Crippen LogP contribution in [0.15, 0.2) is 48.5 Å². The van der Waals surface area contributed by atoms with Gasteiger partial charge in [0.25, 0.3) is 0 Å². The highest BCUT2D eigenvalue weighted by Crippen LogP contribution is 2.17. The standard InChI is InChI=1S/C24H32N4O2/c1-19-8-6-11-22(20(19)2)26-23(29)16-25-24(30)18-28-13-7-12-27(14-15-28)17-21-9-4-3-5-10-21/h3-6,8-11H,7,12-18H2,1-2H3,(H,25,30)(H,26,29). The van der Waals surface area contributed by atoms with Gasteiger partial charge in [-0.2, -0.15) is 0 Å². The first kappa shape index (κ1) is 22.0. The van der Waals surface area contributed by atoms with E-state index in [0.29, 0.717) is 6.54 Å². The van der Waals surface area contributed by atoms with Crippen LogP contribution in [0.4, 0.5) is 5.69 Å². The highest BCUT2D eigenvalue weighted by Gasteiger charge is 2.17. The van der Waals surface area contributed by atoms with Crippen molar-refractivity contribution < 1.29 is 9.59 Å². The minimum atomic E-state index is -0.207. The summed E-state index contributed by atoms with van der Waals surface area (Å²) in [6, 6.07) is 16.3. The van der Waals surface area contributed by atoms with Crippen LogP contribution < -0.4 is 10.6 Å². The molecule has 2 amide bonds. The molecule has 0 atom stereocenters. The summed E-state index contributed by atoms with van der Waals surface area (Å²) in [4.78, 5) is 29.1. The Morgan fingerprint density at radius 1 is 0.867 bits per heavy atom. The molecule has 0 unspecified atom stereocenters. The molecule has 1 fully saturated rings. The van der Waals surface area contributed by atoms with Crippen molar-refractivity contribution in [3.63, 3.8) is 0 Å². The van der Waals surface area contributed by atoms with Crippen LogP contribution in [0.3, 0.4) is 0 Å². The Kier molecular flexibility index (Phi) is 7.99. The summed E-state index contributed by atoms with van der Waals surface area (Å²) in [6.45, 7) is 8.97. The van der Waals surface area contributed by atoms with Crippen molar-refractivity contribution in [1.29, 1.82) is 0 Å². The third-order valence-electron chi connectivity index (χ3n) is 5.62. The molecule has 0 aliphatic carbocycles. The quantitative estimate of drug-likeness (QED) is 0.739. The Morgan fingerprint density at radius 2 is 1.60 bits per heavy atom. The van der Waals surface area contributed by atoms with Crippen molar-refractivity contribution in [3.8, 4) is 0 Å². The van der Waals surface area contributed by atoms with E-state index in [0.717, 1.165) is 56.0 Å². The number of carbonyl (C=O) groups is 2. The maximum atomic E-state index is 12.3. The Hall–Kier alpha value is -2.70. The third kappa shape index (κ3) is 6.68. The van der Waals surface area contributed by atoms with Gasteiger partial charge in [0.1, 0.15) is 0 Å². The molecule has 3 rings (SSSR count). The van der Waals surface area contributed by atoms with Crippen LogP contribution in [0, 0.1) is 13.8 Å². The lowest BCUT2D eigenvalue weighted by atomic mass is 10.1. The Morgan fingerprint density at radius 3 is 2.40 bits per heavy atom. The van der Waals surface area contributed by atoms with E-state index in [9.17, 15) is 9.59 Å². The van der Waals surface area contributed by atoms with Crippen LogP contribution in [-0.4, -0.2) is 60.9 Å².